The lowest BCUT2D eigenvalue weighted by Gasteiger charge is -2.23. The van der Waals surface area contributed by atoms with Crippen molar-refractivity contribution in [2.24, 2.45) is 7.05 Å². The predicted molar refractivity (Wildman–Crippen MR) is 82.1 cm³/mol. The first-order valence-corrected chi connectivity index (χ1v) is 8.61. The number of hydrogen-bond acceptors (Lipinski definition) is 3. The Balaban J connectivity index is 2.13. The number of para-hydroxylation sites is 1. The number of hydrogen-bond donors (Lipinski definition) is 0. The topological polar surface area (TPSA) is 55.2 Å². The molecule has 2 aromatic rings. The van der Waals surface area contributed by atoms with E-state index in [0.29, 0.717) is 6.54 Å². The molecule has 1 aromatic carbocycles. The Bertz CT molecular complexity index is 770. The zero-order valence-electron chi connectivity index (χ0n) is 11.7. The lowest BCUT2D eigenvalue weighted by molar-refractivity contribution is 0.586. The van der Waals surface area contributed by atoms with Gasteiger partial charge in [0.15, 0.2) is 0 Å². The van der Waals surface area contributed by atoms with E-state index in [1.165, 1.54) is 15.2 Å². The fourth-order valence-corrected chi connectivity index (χ4v) is 4.52. The molecule has 3 rings (SSSR count). The Kier molecular flexibility index (Phi) is 3.67. The molecule has 0 N–H and O–H groups in total. The van der Waals surface area contributed by atoms with Crippen LogP contribution in [-0.4, -0.2) is 24.5 Å². The maximum Gasteiger partial charge on any atom is 0.284 e. The van der Waals surface area contributed by atoms with Crippen molar-refractivity contribution in [1.29, 1.82) is 0 Å². The number of fused-ring (bicyclic) bond motifs is 1. The number of aryl methyl sites for hydroxylation is 2. The van der Waals surface area contributed by atoms with Crippen molar-refractivity contribution in [1.82, 2.24) is 9.55 Å². The van der Waals surface area contributed by atoms with Crippen molar-refractivity contribution in [3.05, 3.63) is 41.3 Å². The summed E-state index contributed by atoms with van der Waals surface area (Å²) in [7, 11) is -2.07. The SMILES string of the molecule is Cn1cnc(S(=O)(=O)N2CCCCc3ccccc32)c1Cl. The predicted octanol–water partition coefficient (Wildman–Crippen LogP) is 2.61. The summed E-state index contributed by atoms with van der Waals surface area (Å²) < 4.78 is 28.7. The fourth-order valence-electron chi connectivity index (χ4n) is 2.58. The minimum absolute atomic E-state index is 0.0802. The van der Waals surface area contributed by atoms with Crippen LogP contribution in [0.2, 0.25) is 5.15 Å². The number of benzene rings is 1. The molecule has 0 saturated heterocycles. The molecule has 0 unspecified atom stereocenters. The second-order valence-corrected chi connectivity index (χ2v) is 7.25. The Morgan fingerprint density at radius 3 is 2.71 bits per heavy atom. The van der Waals surface area contributed by atoms with E-state index in [9.17, 15) is 8.42 Å². The van der Waals surface area contributed by atoms with Gasteiger partial charge in [-0.2, -0.15) is 8.42 Å². The molecule has 0 atom stereocenters. The first kappa shape index (κ1) is 14.4. The number of aromatic nitrogens is 2. The second kappa shape index (κ2) is 5.35. The number of halogens is 1. The number of anilines is 1. The highest BCUT2D eigenvalue weighted by Crippen LogP contribution is 2.32. The molecular weight excluding hydrogens is 310 g/mol. The van der Waals surface area contributed by atoms with Gasteiger partial charge in [0, 0.05) is 13.6 Å². The summed E-state index contributed by atoms with van der Waals surface area (Å²) in [4.78, 5) is 3.97. The van der Waals surface area contributed by atoms with Crippen LogP contribution < -0.4 is 4.31 Å². The zero-order valence-corrected chi connectivity index (χ0v) is 13.2. The molecule has 0 spiro atoms. The van der Waals surface area contributed by atoms with E-state index in [4.69, 9.17) is 11.6 Å². The van der Waals surface area contributed by atoms with Crippen LogP contribution in [0, 0.1) is 0 Å². The van der Waals surface area contributed by atoms with Gasteiger partial charge >= 0.3 is 0 Å². The minimum atomic E-state index is -3.74. The van der Waals surface area contributed by atoms with E-state index in [-0.39, 0.29) is 10.2 Å². The summed E-state index contributed by atoms with van der Waals surface area (Å²) in [6.45, 7) is 0.451. The van der Waals surface area contributed by atoms with E-state index >= 15 is 0 Å². The van der Waals surface area contributed by atoms with Gasteiger partial charge in [0.05, 0.1) is 12.0 Å². The molecule has 1 aliphatic rings. The largest absolute Gasteiger partial charge is 0.324 e. The normalized spacial score (nSPS) is 15.6. The molecule has 1 aliphatic heterocycles. The van der Waals surface area contributed by atoms with Crippen LogP contribution in [-0.2, 0) is 23.5 Å². The molecule has 2 heterocycles. The van der Waals surface area contributed by atoms with Gasteiger partial charge in [-0.05, 0) is 30.9 Å². The minimum Gasteiger partial charge on any atom is -0.324 e. The maximum absolute atomic E-state index is 12.9. The first-order valence-electron chi connectivity index (χ1n) is 6.79. The molecule has 0 aliphatic carbocycles. The van der Waals surface area contributed by atoms with Crippen LogP contribution in [0.15, 0.2) is 35.6 Å². The van der Waals surface area contributed by atoms with E-state index in [1.807, 2.05) is 24.3 Å². The third-order valence-corrected chi connectivity index (χ3v) is 5.99. The van der Waals surface area contributed by atoms with Crippen LogP contribution in [0.1, 0.15) is 18.4 Å². The maximum atomic E-state index is 12.9. The number of imidazole rings is 1. The molecule has 0 fully saturated rings. The third kappa shape index (κ3) is 2.42. The van der Waals surface area contributed by atoms with Crippen molar-refractivity contribution in [2.45, 2.75) is 24.3 Å². The number of sulfonamides is 1. The monoisotopic (exact) mass is 325 g/mol. The summed E-state index contributed by atoms with van der Waals surface area (Å²) >= 11 is 6.08. The van der Waals surface area contributed by atoms with Gasteiger partial charge in [0.1, 0.15) is 5.15 Å². The van der Waals surface area contributed by atoms with Gasteiger partial charge in [-0.15, -0.1) is 0 Å². The summed E-state index contributed by atoms with van der Waals surface area (Å²) in [5, 5.41) is 0.0556. The molecule has 112 valence electrons. The molecule has 0 bridgehead atoms. The molecule has 0 amide bonds. The molecule has 1 aromatic heterocycles. The van der Waals surface area contributed by atoms with Gasteiger partial charge in [0.25, 0.3) is 10.0 Å². The van der Waals surface area contributed by atoms with Crippen molar-refractivity contribution in [2.75, 3.05) is 10.8 Å². The van der Waals surface area contributed by atoms with Gasteiger partial charge < -0.3 is 4.57 Å². The van der Waals surface area contributed by atoms with E-state index in [2.05, 4.69) is 4.98 Å². The first-order chi connectivity index (χ1) is 10.0. The quantitative estimate of drug-likeness (QED) is 0.853. The van der Waals surface area contributed by atoms with Crippen LogP contribution in [0.25, 0.3) is 0 Å². The summed E-state index contributed by atoms with van der Waals surface area (Å²) in [6.07, 6.45) is 4.09. The highest BCUT2D eigenvalue weighted by atomic mass is 35.5. The Morgan fingerprint density at radius 1 is 1.24 bits per heavy atom. The van der Waals surface area contributed by atoms with Gasteiger partial charge in [-0.25, -0.2) is 4.98 Å². The molecular formula is C14H16ClN3O2S. The molecule has 7 heteroatoms. The Labute approximate surface area is 129 Å². The standard InChI is InChI=1S/C14H16ClN3O2S/c1-17-10-16-14(13(17)15)21(19,20)18-9-5-4-7-11-6-2-3-8-12(11)18/h2-3,6,8,10H,4-5,7,9H2,1H3. The molecule has 0 radical (unpaired) electrons. The van der Waals surface area contributed by atoms with Gasteiger partial charge in [-0.1, -0.05) is 29.8 Å². The van der Waals surface area contributed by atoms with Gasteiger partial charge in [0.2, 0.25) is 5.03 Å². The van der Waals surface area contributed by atoms with Crippen molar-refractivity contribution in [3.63, 3.8) is 0 Å². The van der Waals surface area contributed by atoms with Gasteiger partial charge in [-0.3, -0.25) is 4.31 Å². The Morgan fingerprint density at radius 2 is 2.00 bits per heavy atom. The summed E-state index contributed by atoms with van der Waals surface area (Å²) in [6, 6.07) is 7.60. The van der Waals surface area contributed by atoms with E-state index < -0.39 is 10.0 Å². The highest BCUT2D eigenvalue weighted by molar-refractivity contribution is 7.92. The average Bonchev–Trinajstić information content (AvgIpc) is 2.70. The molecule has 21 heavy (non-hydrogen) atoms. The van der Waals surface area contributed by atoms with Crippen molar-refractivity contribution in [3.8, 4) is 0 Å². The lowest BCUT2D eigenvalue weighted by atomic mass is 10.1. The number of rotatable bonds is 2. The van der Waals surface area contributed by atoms with Crippen molar-refractivity contribution < 1.29 is 8.42 Å². The average molecular weight is 326 g/mol. The van der Waals surface area contributed by atoms with Crippen molar-refractivity contribution >= 4 is 27.3 Å². The third-order valence-electron chi connectivity index (χ3n) is 3.69. The second-order valence-electron chi connectivity index (χ2n) is 5.11. The smallest absolute Gasteiger partial charge is 0.284 e. The van der Waals surface area contributed by atoms with Crippen LogP contribution >= 0.6 is 11.6 Å². The highest BCUT2D eigenvalue weighted by Gasteiger charge is 2.32. The lowest BCUT2D eigenvalue weighted by Crippen LogP contribution is -2.32. The summed E-state index contributed by atoms with van der Waals surface area (Å²) in [5.74, 6) is 0. The van der Waals surface area contributed by atoms with Crippen LogP contribution in [0.5, 0.6) is 0 Å². The Hall–Kier alpha value is -1.53. The fraction of sp³-hybridized carbons (Fsp3) is 0.357. The van der Waals surface area contributed by atoms with Crippen LogP contribution in [0.3, 0.4) is 0 Å². The van der Waals surface area contributed by atoms with Crippen LogP contribution in [0.4, 0.5) is 5.69 Å². The number of nitrogens with zero attached hydrogens (tertiary/aromatic N) is 3. The zero-order chi connectivity index (χ0) is 15.0. The van der Waals surface area contributed by atoms with E-state index in [0.717, 1.165) is 30.5 Å². The van der Waals surface area contributed by atoms with E-state index in [1.54, 1.807) is 7.05 Å². The summed E-state index contributed by atoms with van der Waals surface area (Å²) in [5.41, 5.74) is 1.78. The molecule has 0 saturated carbocycles. The molecule has 5 nitrogen and oxygen atoms in total.